The van der Waals surface area contributed by atoms with Crippen LogP contribution < -0.4 is 5.11 Å². The second-order valence-electron chi connectivity index (χ2n) is 6.18. The number of esters is 1. The molecule has 0 radical (unpaired) electrons. The fourth-order valence-electron chi connectivity index (χ4n) is 2.48. The van der Waals surface area contributed by atoms with Crippen molar-refractivity contribution in [2.24, 2.45) is 5.41 Å². The average molecular weight is 371 g/mol. The first-order valence-corrected chi connectivity index (χ1v) is 7.88. The molecule has 146 valence electrons. The van der Waals surface area contributed by atoms with Crippen LogP contribution in [0.25, 0.3) is 0 Å². The molecule has 2 atom stereocenters. The highest BCUT2D eigenvalue weighted by molar-refractivity contribution is 5.95. The van der Waals surface area contributed by atoms with Gasteiger partial charge in [-0.25, -0.2) is 4.79 Å². The monoisotopic (exact) mass is 371 g/mol. The van der Waals surface area contributed by atoms with Crippen molar-refractivity contribution >= 4 is 11.9 Å². The minimum atomic E-state index is -1.58. The van der Waals surface area contributed by atoms with Gasteiger partial charge in [-0.15, -0.1) is 0 Å². The fourth-order valence-corrected chi connectivity index (χ4v) is 2.48. The number of aliphatic hydroxyl groups is 5. The number of hydrogen-bond acceptors (Lipinski definition) is 9. The van der Waals surface area contributed by atoms with Crippen LogP contribution in [0.3, 0.4) is 0 Å². The minimum Gasteiger partial charge on any atom is -0.545 e. The summed E-state index contributed by atoms with van der Waals surface area (Å²) in [6.07, 6.45) is -2.62. The average Bonchev–Trinajstić information content (AvgIpc) is 2.61. The molecule has 0 fully saturated rings. The Morgan fingerprint density at radius 1 is 1.00 bits per heavy atom. The summed E-state index contributed by atoms with van der Waals surface area (Å²) >= 11 is 0. The van der Waals surface area contributed by atoms with E-state index in [-0.39, 0.29) is 22.3 Å². The molecule has 5 N–H and O–H groups in total. The van der Waals surface area contributed by atoms with Gasteiger partial charge in [-0.2, -0.15) is 0 Å². The Labute approximate surface area is 150 Å². The van der Waals surface area contributed by atoms with Crippen LogP contribution in [0.5, 0.6) is 0 Å². The van der Waals surface area contributed by atoms with Crippen LogP contribution in [0.2, 0.25) is 0 Å². The number of ether oxygens (including phenoxy) is 1. The highest BCUT2D eigenvalue weighted by Gasteiger charge is 2.31. The normalized spacial score (nSPS) is 14.0. The summed E-state index contributed by atoms with van der Waals surface area (Å²) in [5, 5.41) is 58.9. The van der Waals surface area contributed by atoms with E-state index in [4.69, 9.17) is 4.74 Å². The number of carbonyl (C=O) groups excluding carboxylic acids is 2. The van der Waals surface area contributed by atoms with E-state index < -0.39 is 56.0 Å². The van der Waals surface area contributed by atoms with Gasteiger partial charge in [-0.3, -0.25) is 0 Å². The lowest BCUT2D eigenvalue weighted by Gasteiger charge is -2.27. The summed E-state index contributed by atoms with van der Waals surface area (Å²) in [6, 6.07) is 2.16. The van der Waals surface area contributed by atoms with Gasteiger partial charge in [0.15, 0.2) is 0 Å². The third-order valence-electron chi connectivity index (χ3n) is 4.08. The Bertz CT molecular complexity index is 640. The molecule has 0 amide bonds. The maximum Gasteiger partial charge on any atom is 0.338 e. The van der Waals surface area contributed by atoms with Gasteiger partial charge in [0, 0.05) is 11.1 Å². The molecule has 1 rings (SSSR count). The van der Waals surface area contributed by atoms with Gasteiger partial charge in [0.05, 0.1) is 49.0 Å². The summed E-state index contributed by atoms with van der Waals surface area (Å²) in [4.78, 5) is 23.7. The van der Waals surface area contributed by atoms with Gasteiger partial charge in [0.1, 0.15) is 6.61 Å². The molecule has 0 spiro atoms. The van der Waals surface area contributed by atoms with Crippen molar-refractivity contribution in [2.75, 3.05) is 26.4 Å². The molecule has 26 heavy (non-hydrogen) atoms. The molecule has 9 nitrogen and oxygen atoms in total. The van der Waals surface area contributed by atoms with Crippen molar-refractivity contribution < 1.29 is 45.0 Å². The van der Waals surface area contributed by atoms with Gasteiger partial charge in [-0.1, -0.05) is 6.07 Å². The quantitative estimate of drug-likeness (QED) is 0.317. The van der Waals surface area contributed by atoms with Crippen molar-refractivity contribution in [2.45, 2.75) is 26.1 Å². The lowest BCUT2D eigenvalue weighted by atomic mass is 9.89. The predicted octanol–water partition coefficient (Wildman–Crippen LogP) is -1.72. The van der Waals surface area contributed by atoms with Crippen LogP contribution in [0.4, 0.5) is 0 Å². The first-order valence-electron chi connectivity index (χ1n) is 7.88. The van der Waals surface area contributed by atoms with Gasteiger partial charge in [0.2, 0.25) is 0 Å². The zero-order chi connectivity index (χ0) is 20.1. The van der Waals surface area contributed by atoms with Crippen LogP contribution in [-0.4, -0.2) is 63.9 Å². The van der Waals surface area contributed by atoms with E-state index in [0.717, 1.165) is 12.1 Å². The summed E-state index contributed by atoms with van der Waals surface area (Å²) in [7, 11) is 0. The highest BCUT2D eigenvalue weighted by Crippen LogP contribution is 2.31. The minimum absolute atomic E-state index is 0.130. The number of aromatic carboxylic acids is 1. The van der Waals surface area contributed by atoms with E-state index in [2.05, 4.69) is 0 Å². The Hall–Kier alpha value is -2.04. The van der Waals surface area contributed by atoms with Crippen LogP contribution in [-0.2, 0) is 4.74 Å². The molecule has 0 saturated heterocycles. The van der Waals surface area contributed by atoms with Crippen molar-refractivity contribution in [1.29, 1.82) is 0 Å². The first-order chi connectivity index (χ1) is 12.1. The van der Waals surface area contributed by atoms with E-state index in [9.17, 15) is 40.2 Å². The molecule has 1 aromatic carbocycles. The number of rotatable bonds is 9. The van der Waals surface area contributed by atoms with Crippen molar-refractivity contribution in [3.8, 4) is 0 Å². The van der Waals surface area contributed by atoms with E-state index in [0.29, 0.717) is 0 Å². The third kappa shape index (κ3) is 4.57. The molecule has 0 aliphatic carbocycles. The number of aliphatic hydroxyl groups excluding tert-OH is 5. The standard InChI is InChI=1S/C17H24O9/c1-9(21)13-11(15(23)24)3-4-12(14(13)10(2)22)16(25)26-8-17(5-18,6-19)7-20/h3-4,9-10,18-22H,5-8H2,1-2H3,(H,23,24)/p-1. The SMILES string of the molecule is CC(O)c1c(C(=O)[O-])ccc(C(=O)OCC(CO)(CO)CO)c1C(C)O. The van der Waals surface area contributed by atoms with Gasteiger partial charge in [-0.05, 0) is 25.5 Å². The van der Waals surface area contributed by atoms with E-state index in [1.165, 1.54) is 13.8 Å². The largest absolute Gasteiger partial charge is 0.545 e. The van der Waals surface area contributed by atoms with Gasteiger partial charge >= 0.3 is 5.97 Å². The zero-order valence-corrected chi connectivity index (χ0v) is 14.5. The van der Waals surface area contributed by atoms with Crippen LogP contribution in [0.1, 0.15) is 57.9 Å². The second kappa shape index (κ2) is 9.06. The fraction of sp³-hybridized carbons (Fsp3) is 0.529. The second-order valence-corrected chi connectivity index (χ2v) is 6.18. The van der Waals surface area contributed by atoms with E-state index in [1.807, 2.05) is 0 Å². The summed E-state index contributed by atoms with van der Waals surface area (Å²) in [5.74, 6) is -2.56. The van der Waals surface area contributed by atoms with Crippen LogP contribution in [0.15, 0.2) is 12.1 Å². The predicted molar refractivity (Wildman–Crippen MR) is 86.0 cm³/mol. The van der Waals surface area contributed by atoms with E-state index >= 15 is 0 Å². The number of carbonyl (C=O) groups is 2. The maximum absolute atomic E-state index is 12.4. The van der Waals surface area contributed by atoms with Crippen molar-refractivity contribution in [1.82, 2.24) is 0 Å². The molecule has 2 unspecified atom stereocenters. The van der Waals surface area contributed by atoms with Gasteiger partial charge in [0.25, 0.3) is 0 Å². The summed E-state index contributed by atoms with van der Waals surface area (Å²) < 4.78 is 5.02. The molecule has 0 aromatic heterocycles. The van der Waals surface area contributed by atoms with Crippen LogP contribution in [0, 0.1) is 5.41 Å². The Morgan fingerprint density at radius 2 is 1.42 bits per heavy atom. The summed E-state index contributed by atoms with van der Waals surface area (Å²) in [6.45, 7) is 0.131. The smallest absolute Gasteiger partial charge is 0.338 e. The maximum atomic E-state index is 12.4. The molecule has 0 aliphatic heterocycles. The topological polar surface area (TPSA) is 168 Å². The zero-order valence-electron chi connectivity index (χ0n) is 14.5. The number of hydrogen-bond donors (Lipinski definition) is 5. The van der Waals surface area contributed by atoms with Crippen molar-refractivity contribution in [3.05, 3.63) is 34.4 Å². The van der Waals surface area contributed by atoms with Crippen LogP contribution >= 0.6 is 0 Å². The van der Waals surface area contributed by atoms with Gasteiger partial charge < -0.3 is 40.2 Å². The molecule has 0 heterocycles. The number of benzene rings is 1. The highest BCUT2D eigenvalue weighted by atomic mass is 16.5. The molecule has 1 aromatic rings. The molecule has 0 bridgehead atoms. The molecule has 0 saturated carbocycles. The molecule has 0 aliphatic rings. The Kier molecular flexibility index (Phi) is 7.67. The molecule has 9 heteroatoms. The lowest BCUT2D eigenvalue weighted by Crippen LogP contribution is -2.39. The lowest BCUT2D eigenvalue weighted by molar-refractivity contribution is -0.255. The number of carboxylic acids is 1. The van der Waals surface area contributed by atoms with Crippen molar-refractivity contribution in [3.63, 3.8) is 0 Å². The van der Waals surface area contributed by atoms with E-state index in [1.54, 1.807) is 0 Å². The third-order valence-corrected chi connectivity index (χ3v) is 4.08. The first kappa shape index (κ1) is 22.0. The summed E-state index contributed by atoms with van der Waals surface area (Å²) in [5.41, 5.74) is -2.31. The molecular formula is C17H23O9-. The number of carboxylic acid groups (broad SMARTS) is 1. The Morgan fingerprint density at radius 3 is 1.81 bits per heavy atom. The Balaban J connectivity index is 3.33. The molecular weight excluding hydrogens is 348 g/mol.